The van der Waals surface area contributed by atoms with E-state index in [1.165, 1.54) is 12.1 Å². The Kier molecular flexibility index (Phi) is 6.14. The van der Waals surface area contributed by atoms with Gasteiger partial charge in [-0.3, -0.25) is 4.79 Å². The number of carbonyl (C=O) groups excluding carboxylic acids is 1. The standard InChI is InChI=1S/C16H25FN2O/c1-5-16(3,4)19-15(20)12(2)18-10-9-13-7-6-8-14(17)11-13/h6-8,11-12,18H,5,9-10H2,1-4H3,(H,19,20). The van der Waals surface area contributed by atoms with E-state index in [1.54, 1.807) is 6.07 Å². The zero-order valence-corrected chi connectivity index (χ0v) is 12.8. The molecule has 3 nitrogen and oxygen atoms in total. The molecule has 0 aliphatic rings. The van der Waals surface area contributed by atoms with Gasteiger partial charge in [0.05, 0.1) is 6.04 Å². The zero-order valence-electron chi connectivity index (χ0n) is 12.8. The van der Waals surface area contributed by atoms with Gasteiger partial charge in [-0.1, -0.05) is 19.1 Å². The Labute approximate surface area is 121 Å². The molecule has 0 aromatic heterocycles. The predicted molar refractivity (Wildman–Crippen MR) is 80.1 cm³/mol. The molecule has 0 spiro atoms. The van der Waals surface area contributed by atoms with Crippen molar-refractivity contribution in [2.75, 3.05) is 6.54 Å². The quantitative estimate of drug-likeness (QED) is 0.806. The van der Waals surface area contributed by atoms with E-state index in [2.05, 4.69) is 10.6 Å². The van der Waals surface area contributed by atoms with Gasteiger partial charge in [0.15, 0.2) is 0 Å². The first-order chi connectivity index (χ1) is 9.34. The van der Waals surface area contributed by atoms with Crippen LogP contribution in [0.4, 0.5) is 4.39 Å². The molecule has 4 heteroatoms. The van der Waals surface area contributed by atoms with Crippen LogP contribution in [0.2, 0.25) is 0 Å². The maximum atomic E-state index is 13.0. The van der Waals surface area contributed by atoms with Gasteiger partial charge < -0.3 is 10.6 Å². The van der Waals surface area contributed by atoms with Crippen molar-refractivity contribution in [3.05, 3.63) is 35.6 Å². The number of amides is 1. The van der Waals surface area contributed by atoms with Gasteiger partial charge in [0.25, 0.3) is 0 Å². The van der Waals surface area contributed by atoms with E-state index < -0.39 is 0 Å². The summed E-state index contributed by atoms with van der Waals surface area (Å²) in [5.41, 5.74) is 0.745. The molecule has 0 radical (unpaired) electrons. The summed E-state index contributed by atoms with van der Waals surface area (Å²) in [5, 5.41) is 6.16. The Morgan fingerprint density at radius 2 is 2.10 bits per heavy atom. The van der Waals surface area contributed by atoms with Crippen molar-refractivity contribution < 1.29 is 9.18 Å². The third-order valence-electron chi connectivity index (χ3n) is 3.49. The van der Waals surface area contributed by atoms with Gasteiger partial charge in [-0.15, -0.1) is 0 Å². The number of nitrogens with one attached hydrogen (secondary N) is 2. The Morgan fingerprint density at radius 1 is 1.40 bits per heavy atom. The zero-order chi connectivity index (χ0) is 15.2. The van der Waals surface area contributed by atoms with Crippen molar-refractivity contribution in [1.82, 2.24) is 10.6 Å². The SMILES string of the molecule is CCC(C)(C)NC(=O)C(C)NCCc1cccc(F)c1. The average Bonchev–Trinajstić information content (AvgIpc) is 2.38. The van der Waals surface area contributed by atoms with Gasteiger partial charge >= 0.3 is 0 Å². The highest BCUT2D eigenvalue weighted by Gasteiger charge is 2.21. The lowest BCUT2D eigenvalue weighted by atomic mass is 10.0. The number of rotatable bonds is 7. The summed E-state index contributed by atoms with van der Waals surface area (Å²) in [4.78, 5) is 12.0. The highest BCUT2D eigenvalue weighted by molar-refractivity contribution is 5.81. The highest BCUT2D eigenvalue weighted by atomic mass is 19.1. The second kappa shape index (κ2) is 7.39. The summed E-state index contributed by atoms with van der Waals surface area (Å²) >= 11 is 0. The van der Waals surface area contributed by atoms with E-state index in [1.807, 2.05) is 33.8 Å². The van der Waals surface area contributed by atoms with E-state index in [9.17, 15) is 9.18 Å². The van der Waals surface area contributed by atoms with Gasteiger partial charge in [0.1, 0.15) is 5.82 Å². The first-order valence-corrected chi connectivity index (χ1v) is 7.14. The molecule has 0 saturated carbocycles. The molecular weight excluding hydrogens is 255 g/mol. The number of carbonyl (C=O) groups is 1. The van der Waals surface area contributed by atoms with Crippen LogP contribution in [0.3, 0.4) is 0 Å². The smallest absolute Gasteiger partial charge is 0.237 e. The van der Waals surface area contributed by atoms with Gasteiger partial charge in [-0.05, 0) is 57.9 Å². The van der Waals surface area contributed by atoms with Gasteiger partial charge in [-0.25, -0.2) is 4.39 Å². The van der Waals surface area contributed by atoms with Crippen molar-refractivity contribution in [1.29, 1.82) is 0 Å². The Hall–Kier alpha value is -1.42. The van der Waals surface area contributed by atoms with Crippen LogP contribution in [0.1, 0.15) is 39.7 Å². The lowest BCUT2D eigenvalue weighted by Crippen LogP contribution is -2.50. The number of hydrogen-bond acceptors (Lipinski definition) is 2. The van der Waals surface area contributed by atoms with Gasteiger partial charge in [0, 0.05) is 5.54 Å². The van der Waals surface area contributed by atoms with Gasteiger partial charge in [0.2, 0.25) is 5.91 Å². The second-order valence-corrected chi connectivity index (χ2v) is 5.78. The Bertz CT molecular complexity index is 446. The third-order valence-corrected chi connectivity index (χ3v) is 3.49. The maximum Gasteiger partial charge on any atom is 0.237 e. The monoisotopic (exact) mass is 280 g/mol. The Balaban J connectivity index is 2.36. The van der Waals surface area contributed by atoms with Crippen molar-refractivity contribution in [2.24, 2.45) is 0 Å². The first-order valence-electron chi connectivity index (χ1n) is 7.14. The predicted octanol–water partition coefficient (Wildman–Crippen LogP) is 2.65. The molecule has 0 aliphatic heterocycles. The van der Waals surface area contributed by atoms with Crippen LogP contribution in [0.15, 0.2) is 24.3 Å². The summed E-state index contributed by atoms with van der Waals surface area (Å²) in [6.45, 7) is 8.54. The summed E-state index contributed by atoms with van der Waals surface area (Å²) in [6.07, 6.45) is 1.58. The summed E-state index contributed by atoms with van der Waals surface area (Å²) in [5.74, 6) is -0.228. The molecule has 1 unspecified atom stereocenters. The van der Waals surface area contributed by atoms with Crippen LogP contribution in [-0.4, -0.2) is 24.0 Å². The van der Waals surface area contributed by atoms with E-state index >= 15 is 0 Å². The molecule has 0 heterocycles. The summed E-state index contributed by atoms with van der Waals surface area (Å²) in [6, 6.07) is 6.28. The summed E-state index contributed by atoms with van der Waals surface area (Å²) in [7, 11) is 0. The van der Waals surface area contributed by atoms with Crippen LogP contribution >= 0.6 is 0 Å². The van der Waals surface area contributed by atoms with E-state index in [0.717, 1.165) is 12.0 Å². The highest BCUT2D eigenvalue weighted by Crippen LogP contribution is 2.07. The van der Waals surface area contributed by atoms with Crippen LogP contribution in [0.5, 0.6) is 0 Å². The van der Waals surface area contributed by atoms with Gasteiger partial charge in [-0.2, -0.15) is 0 Å². The number of benzene rings is 1. The molecule has 1 aromatic carbocycles. The van der Waals surface area contributed by atoms with Crippen LogP contribution in [0.25, 0.3) is 0 Å². The normalized spacial score (nSPS) is 13.1. The molecule has 1 atom stereocenters. The molecule has 0 bridgehead atoms. The maximum absolute atomic E-state index is 13.0. The number of hydrogen-bond donors (Lipinski definition) is 2. The molecule has 0 saturated heterocycles. The largest absolute Gasteiger partial charge is 0.350 e. The molecule has 0 aliphatic carbocycles. The fourth-order valence-electron chi connectivity index (χ4n) is 1.75. The fourth-order valence-corrected chi connectivity index (χ4v) is 1.75. The molecule has 112 valence electrons. The van der Waals surface area contributed by atoms with E-state index in [4.69, 9.17) is 0 Å². The van der Waals surface area contributed by atoms with Crippen LogP contribution < -0.4 is 10.6 Å². The van der Waals surface area contributed by atoms with Crippen molar-refractivity contribution in [3.8, 4) is 0 Å². The van der Waals surface area contributed by atoms with E-state index in [0.29, 0.717) is 13.0 Å². The fraction of sp³-hybridized carbons (Fsp3) is 0.562. The molecule has 1 rings (SSSR count). The van der Waals surface area contributed by atoms with Crippen LogP contribution in [-0.2, 0) is 11.2 Å². The van der Waals surface area contributed by atoms with Crippen molar-refractivity contribution in [2.45, 2.75) is 52.1 Å². The van der Waals surface area contributed by atoms with E-state index in [-0.39, 0.29) is 23.3 Å². The van der Waals surface area contributed by atoms with Crippen molar-refractivity contribution in [3.63, 3.8) is 0 Å². The molecule has 20 heavy (non-hydrogen) atoms. The summed E-state index contributed by atoms with van der Waals surface area (Å²) < 4.78 is 13.0. The topological polar surface area (TPSA) is 41.1 Å². The average molecular weight is 280 g/mol. The van der Waals surface area contributed by atoms with Crippen molar-refractivity contribution >= 4 is 5.91 Å². The van der Waals surface area contributed by atoms with Crippen LogP contribution in [0, 0.1) is 5.82 Å². The lowest BCUT2D eigenvalue weighted by Gasteiger charge is -2.26. The minimum atomic E-state index is -0.255. The number of halogens is 1. The molecule has 1 aromatic rings. The lowest BCUT2D eigenvalue weighted by molar-refractivity contribution is -0.124. The minimum absolute atomic E-state index is 0.00362. The second-order valence-electron chi connectivity index (χ2n) is 5.78. The third kappa shape index (κ3) is 5.70. The first kappa shape index (κ1) is 16.6. The molecular formula is C16H25FN2O. The molecule has 1 amide bonds. The molecule has 2 N–H and O–H groups in total. The minimum Gasteiger partial charge on any atom is -0.350 e. The Morgan fingerprint density at radius 3 is 2.70 bits per heavy atom. The molecule has 0 fully saturated rings.